The second-order valence-electron chi connectivity index (χ2n) is 2.10. The van der Waals surface area contributed by atoms with Crippen LogP contribution < -0.4 is 5.73 Å². The first-order chi connectivity index (χ1) is 3.48. The summed E-state index contributed by atoms with van der Waals surface area (Å²) >= 11 is 2.07. The zero-order valence-electron chi connectivity index (χ0n) is 5.07. The molecule has 0 radical (unpaired) electrons. The molecule has 8 heavy (non-hydrogen) atoms. The van der Waals surface area contributed by atoms with E-state index in [9.17, 15) is 4.79 Å². The Balaban J connectivity index is 3.82. The summed E-state index contributed by atoms with van der Waals surface area (Å²) in [4.78, 5) is 10.7. The lowest BCUT2D eigenvalue weighted by molar-refractivity contribution is -0.118. The van der Waals surface area contributed by atoms with Crippen LogP contribution in [0.2, 0.25) is 0 Å². The summed E-state index contributed by atoms with van der Waals surface area (Å²) in [7, 11) is 0. The largest absolute Gasteiger partial charge is 0.324 e. The predicted molar refractivity (Wildman–Crippen MR) is 42.2 cm³/mol. The third kappa shape index (κ3) is 2.61. The van der Waals surface area contributed by atoms with Gasteiger partial charge in [-0.25, -0.2) is 0 Å². The summed E-state index contributed by atoms with van der Waals surface area (Å²) in [6, 6.07) is 0. The molecular formula is C5H10INO. The highest BCUT2D eigenvalue weighted by atomic mass is 127. The summed E-state index contributed by atoms with van der Waals surface area (Å²) in [6.07, 6.45) is 0. The maximum atomic E-state index is 10.7. The molecule has 0 amide bonds. The molecule has 0 aromatic heterocycles. The number of hydrogen-bond acceptors (Lipinski definition) is 2. The van der Waals surface area contributed by atoms with E-state index in [1.807, 2.05) is 13.8 Å². The molecule has 2 nitrogen and oxygen atoms in total. The number of halogens is 1. The van der Waals surface area contributed by atoms with E-state index in [2.05, 4.69) is 22.6 Å². The summed E-state index contributed by atoms with van der Waals surface area (Å²) in [5.74, 6) is 0.0955. The van der Waals surface area contributed by atoms with E-state index < -0.39 is 0 Å². The van der Waals surface area contributed by atoms with Gasteiger partial charge in [-0.2, -0.15) is 0 Å². The normalized spacial score (nSPS) is 11.5. The Hall–Kier alpha value is 0.360. The molecule has 0 saturated carbocycles. The lowest BCUT2D eigenvalue weighted by Gasteiger charge is -2.11. The van der Waals surface area contributed by atoms with Gasteiger partial charge in [0.1, 0.15) is 0 Å². The Labute approximate surface area is 63.0 Å². The number of hydrogen-bond donors (Lipinski definition) is 1. The lowest BCUT2D eigenvalue weighted by atomic mass is 10.1. The molecule has 0 saturated heterocycles. The zero-order valence-corrected chi connectivity index (χ0v) is 7.23. The van der Waals surface area contributed by atoms with E-state index in [0.717, 1.165) is 0 Å². The van der Waals surface area contributed by atoms with Crippen LogP contribution >= 0.6 is 22.6 Å². The third-order valence-electron chi connectivity index (χ3n) is 0.848. The van der Waals surface area contributed by atoms with Gasteiger partial charge < -0.3 is 5.73 Å². The highest BCUT2D eigenvalue weighted by Gasteiger charge is 2.20. The Kier molecular flexibility index (Phi) is 2.90. The quantitative estimate of drug-likeness (QED) is 0.558. The van der Waals surface area contributed by atoms with Crippen LogP contribution in [0.5, 0.6) is 0 Å². The first kappa shape index (κ1) is 8.36. The fourth-order valence-corrected chi connectivity index (χ4v) is 0.463. The van der Waals surface area contributed by atoms with Crippen LogP contribution in [0.1, 0.15) is 13.8 Å². The highest BCUT2D eigenvalue weighted by molar-refractivity contribution is 14.1. The minimum Gasteiger partial charge on any atom is -0.324 e. The van der Waals surface area contributed by atoms with Crippen LogP contribution in [-0.4, -0.2) is 15.7 Å². The van der Waals surface area contributed by atoms with Gasteiger partial charge in [0.25, 0.3) is 0 Å². The molecule has 0 atom stereocenters. The van der Waals surface area contributed by atoms with Crippen molar-refractivity contribution >= 4 is 28.4 Å². The van der Waals surface area contributed by atoms with Crippen molar-refractivity contribution in [1.82, 2.24) is 0 Å². The van der Waals surface area contributed by atoms with E-state index >= 15 is 0 Å². The minimum atomic E-state index is -0.285. The van der Waals surface area contributed by atoms with E-state index in [1.165, 1.54) is 0 Å². The summed E-state index contributed by atoms with van der Waals surface area (Å²) in [5, 5.41) is 0. The van der Waals surface area contributed by atoms with Gasteiger partial charge in [-0.1, -0.05) is 22.6 Å². The fraction of sp³-hybridized carbons (Fsp3) is 0.800. The van der Waals surface area contributed by atoms with Crippen molar-refractivity contribution in [1.29, 1.82) is 0 Å². The fourth-order valence-electron chi connectivity index (χ4n) is 0.243. The smallest absolute Gasteiger partial charge is 0.161 e. The number of nitrogens with two attached hydrogens (primary N) is 1. The number of carbonyl (C=O) groups is 1. The number of ketones is 1. The summed E-state index contributed by atoms with van der Waals surface area (Å²) in [5.41, 5.74) is 5.10. The Bertz CT molecular complexity index is 95.1. The van der Waals surface area contributed by atoms with Gasteiger partial charge in [0.15, 0.2) is 5.78 Å². The first-order valence-electron chi connectivity index (χ1n) is 2.40. The molecule has 2 N–H and O–H groups in total. The highest BCUT2D eigenvalue weighted by Crippen LogP contribution is 2.16. The molecule has 0 bridgehead atoms. The van der Waals surface area contributed by atoms with Gasteiger partial charge in [0.05, 0.1) is 9.97 Å². The zero-order chi connectivity index (χ0) is 6.78. The maximum Gasteiger partial charge on any atom is 0.161 e. The van der Waals surface area contributed by atoms with Gasteiger partial charge in [0.2, 0.25) is 0 Å². The Morgan fingerprint density at radius 3 is 2.12 bits per heavy atom. The monoisotopic (exact) mass is 227 g/mol. The van der Waals surface area contributed by atoms with Crippen molar-refractivity contribution in [2.45, 2.75) is 17.3 Å². The number of alkyl halides is 1. The molecule has 0 fully saturated rings. The topological polar surface area (TPSA) is 43.1 Å². The molecule has 0 aromatic carbocycles. The molecule has 0 unspecified atom stereocenters. The lowest BCUT2D eigenvalue weighted by Crippen LogP contribution is -2.30. The molecule has 0 rings (SSSR count). The average Bonchev–Trinajstić information content (AvgIpc) is 1.62. The van der Waals surface area contributed by atoms with Crippen LogP contribution in [-0.2, 0) is 4.79 Å². The molecule has 48 valence electrons. The number of Topliss-reactive ketones (excluding diaryl/α,β-unsaturated/α-hetero) is 1. The maximum absolute atomic E-state index is 10.7. The van der Waals surface area contributed by atoms with E-state index in [1.54, 1.807) is 0 Å². The van der Waals surface area contributed by atoms with Crippen LogP contribution in [0, 0.1) is 0 Å². The van der Waals surface area contributed by atoms with Crippen LogP contribution in [0.15, 0.2) is 0 Å². The van der Waals surface area contributed by atoms with Gasteiger partial charge >= 0.3 is 0 Å². The van der Waals surface area contributed by atoms with Crippen molar-refractivity contribution in [3.63, 3.8) is 0 Å². The van der Waals surface area contributed by atoms with Gasteiger partial charge in [-0.15, -0.1) is 0 Å². The number of rotatable bonds is 2. The van der Waals surface area contributed by atoms with E-state index in [-0.39, 0.29) is 15.7 Å². The van der Waals surface area contributed by atoms with Gasteiger partial charge in [-0.3, -0.25) is 4.79 Å². The third-order valence-corrected chi connectivity index (χ3v) is 1.45. The van der Waals surface area contributed by atoms with Crippen molar-refractivity contribution < 1.29 is 4.79 Å². The molecule has 0 aromatic rings. The summed E-state index contributed by atoms with van der Waals surface area (Å²) in [6.45, 7) is 3.85. The van der Waals surface area contributed by atoms with Gasteiger partial charge in [-0.05, 0) is 13.8 Å². The molecule has 3 heteroatoms. The van der Waals surface area contributed by atoms with Crippen LogP contribution in [0.25, 0.3) is 0 Å². The molecule has 0 aliphatic rings. The van der Waals surface area contributed by atoms with E-state index in [4.69, 9.17) is 5.73 Å². The van der Waals surface area contributed by atoms with Crippen LogP contribution in [0.4, 0.5) is 0 Å². The van der Waals surface area contributed by atoms with Crippen molar-refractivity contribution in [3.05, 3.63) is 0 Å². The molecule has 0 aliphatic heterocycles. The average molecular weight is 227 g/mol. The van der Waals surface area contributed by atoms with Gasteiger partial charge in [0, 0.05) is 0 Å². The number of carbonyl (C=O) groups excluding carboxylic acids is 1. The Morgan fingerprint density at radius 2 is 2.12 bits per heavy atom. The summed E-state index contributed by atoms with van der Waals surface area (Å²) < 4.78 is -0.285. The predicted octanol–water partition coefficient (Wildman–Crippen LogP) is 0.728. The van der Waals surface area contributed by atoms with Crippen molar-refractivity contribution in [3.8, 4) is 0 Å². The van der Waals surface area contributed by atoms with Crippen molar-refractivity contribution in [2.24, 2.45) is 5.73 Å². The minimum absolute atomic E-state index is 0.0955. The second kappa shape index (κ2) is 2.77. The Morgan fingerprint density at radius 1 is 1.75 bits per heavy atom. The standard InChI is InChI=1S/C5H10INO/c1-5(2,6)4(8)3-7/h3,7H2,1-2H3. The van der Waals surface area contributed by atoms with Crippen molar-refractivity contribution in [2.75, 3.05) is 6.54 Å². The SMILES string of the molecule is CC(C)(I)C(=O)CN. The van der Waals surface area contributed by atoms with E-state index in [0.29, 0.717) is 0 Å². The molecular weight excluding hydrogens is 217 g/mol. The first-order valence-corrected chi connectivity index (χ1v) is 3.48. The molecule has 0 heterocycles. The molecule has 0 spiro atoms. The molecule has 0 aliphatic carbocycles. The van der Waals surface area contributed by atoms with Crippen LogP contribution in [0.3, 0.4) is 0 Å². The second-order valence-corrected chi connectivity index (χ2v) is 4.80.